The Bertz CT molecular complexity index is 324. The van der Waals surface area contributed by atoms with Crippen molar-refractivity contribution in [2.45, 2.75) is 38.6 Å². The summed E-state index contributed by atoms with van der Waals surface area (Å²) in [7, 11) is 0. The van der Waals surface area contributed by atoms with Crippen molar-refractivity contribution in [1.29, 1.82) is 0 Å². The average Bonchev–Trinajstić information content (AvgIpc) is 2.67. The largest absolute Gasteiger partial charge is 0.354 e. The molecule has 1 aliphatic carbocycles. The van der Waals surface area contributed by atoms with Gasteiger partial charge in [-0.15, -0.1) is 0 Å². The van der Waals surface area contributed by atoms with E-state index in [1.807, 2.05) is 0 Å². The molecule has 1 saturated heterocycles. The van der Waals surface area contributed by atoms with E-state index in [2.05, 4.69) is 17.6 Å². The van der Waals surface area contributed by atoms with Crippen molar-refractivity contribution in [3.05, 3.63) is 0 Å². The Morgan fingerprint density at radius 2 is 2.29 bits per heavy atom. The van der Waals surface area contributed by atoms with Gasteiger partial charge in [0.15, 0.2) is 0 Å². The molecule has 2 rings (SSSR count). The normalized spacial score (nSPS) is 36.2. The molecule has 1 unspecified atom stereocenters. The summed E-state index contributed by atoms with van der Waals surface area (Å²) in [6.45, 7) is 3.08. The van der Waals surface area contributed by atoms with Gasteiger partial charge >= 0.3 is 0 Å². The maximum Gasteiger partial charge on any atom is 0.227 e. The van der Waals surface area contributed by atoms with E-state index in [1.165, 1.54) is 0 Å². The van der Waals surface area contributed by atoms with Crippen LogP contribution in [0.2, 0.25) is 0 Å². The molecule has 4 N–H and O–H groups in total. The van der Waals surface area contributed by atoms with Gasteiger partial charge in [-0.25, -0.2) is 0 Å². The maximum absolute atomic E-state index is 12.1. The first-order valence-electron chi connectivity index (χ1n) is 6.33. The highest BCUT2D eigenvalue weighted by Crippen LogP contribution is 2.44. The Kier molecular flexibility index (Phi) is 3.38. The monoisotopic (exact) mass is 239 g/mol. The second kappa shape index (κ2) is 4.64. The highest BCUT2D eigenvalue weighted by Gasteiger charge is 2.47. The van der Waals surface area contributed by atoms with Gasteiger partial charge in [0.2, 0.25) is 11.8 Å². The molecule has 1 saturated carbocycles. The second-order valence-electron chi connectivity index (χ2n) is 5.51. The van der Waals surface area contributed by atoms with E-state index in [-0.39, 0.29) is 23.3 Å². The highest BCUT2D eigenvalue weighted by molar-refractivity contribution is 5.84. The van der Waals surface area contributed by atoms with Crippen molar-refractivity contribution in [1.82, 2.24) is 10.6 Å². The zero-order chi connectivity index (χ0) is 12.5. The fraction of sp³-hybridized carbons (Fsp3) is 0.833. The smallest absolute Gasteiger partial charge is 0.227 e. The number of amides is 2. The van der Waals surface area contributed by atoms with Crippen molar-refractivity contribution in [2.24, 2.45) is 17.1 Å². The molecule has 1 heterocycles. The lowest BCUT2D eigenvalue weighted by Gasteiger charge is -2.44. The zero-order valence-corrected chi connectivity index (χ0v) is 10.3. The van der Waals surface area contributed by atoms with Gasteiger partial charge in [0.05, 0.1) is 5.41 Å². The molecular formula is C12H21N3O2. The van der Waals surface area contributed by atoms with Crippen LogP contribution in [0.25, 0.3) is 0 Å². The number of rotatable bonds is 4. The predicted octanol–water partition coefficient (Wildman–Crippen LogP) is -0.244. The summed E-state index contributed by atoms with van der Waals surface area (Å²) < 4.78 is 0. The Hall–Kier alpha value is -1.10. The van der Waals surface area contributed by atoms with E-state index in [4.69, 9.17) is 5.73 Å². The summed E-state index contributed by atoms with van der Waals surface area (Å²) in [6.07, 6.45) is 3.14. The molecule has 96 valence electrons. The first-order chi connectivity index (χ1) is 8.05. The minimum atomic E-state index is -0.345. The second-order valence-corrected chi connectivity index (χ2v) is 5.51. The summed E-state index contributed by atoms with van der Waals surface area (Å²) in [5.41, 5.74) is 5.36. The molecule has 0 bridgehead atoms. The van der Waals surface area contributed by atoms with Gasteiger partial charge in [-0.3, -0.25) is 9.59 Å². The van der Waals surface area contributed by atoms with Gasteiger partial charge in [0, 0.05) is 25.6 Å². The van der Waals surface area contributed by atoms with Crippen LogP contribution in [-0.4, -0.2) is 30.9 Å². The minimum absolute atomic E-state index is 0.0549. The molecule has 0 aromatic rings. The van der Waals surface area contributed by atoms with Gasteiger partial charge in [-0.2, -0.15) is 0 Å². The maximum atomic E-state index is 12.1. The van der Waals surface area contributed by atoms with Crippen LogP contribution in [0.5, 0.6) is 0 Å². The van der Waals surface area contributed by atoms with Gasteiger partial charge in [0.25, 0.3) is 0 Å². The number of nitrogens with two attached hydrogens (primary N) is 1. The van der Waals surface area contributed by atoms with Gasteiger partial charge in [-0.05, 0) is 25.2 Å². The summed E-state index contributed by atoms with van der Waals surface area (Å²) >= 11 is 0. The molecule has 0 spiro atoms. The molecule has 2 fully saturated rings. The van der Waals surface area contributed by atoms with Crippen LogP contribution in [-0.2, 0) is 9.59 Å². The molecule has 2 amide bonds. The van der Waals surface area contributed by atoms with Crippen LogP contribution >= 0.6 is 0 Å². The quantitative estimate of drug-likeness (QED) is 0.633. The standard InChI is InChI=1S/C12H21N3O2/c1-8-4-12(5-8,7-13)11(17)14-6-9-2-3-10(16)15-9/h8-9H,2-7,13H2,1H3,(H,14,17)(H,15,16). The third-order valence-electron chi connectivity index (χ3n) is 3.94. The van der Waals surface area contributed by atoms with E-state index >= 15 is 0 Å². The number of nitrogens with one attached hydrogen (secondary N) is 2. The molecule has 5 heteroatoms. The number of carbonyl (C=O) groups excluding carboxylic acids is 2. The fourth-order valence-electron chi connectivity index (χ4n) is 2.95. The van der Waals surface area contributed by atoms with E-state index in [1.54, 1.807) is 0 Å². The topological polar surface area (TPSA) is 84.2 Å². The van der Waals surface area contributed by atoms with Crippen LogP contribution in [0.15, 0.2) is 0 Å². The SMILES string of the molecule is CC1CC(CN)(C(=O)NCC2CCC(=O)N2)C1. The Morgan fingerprint density at radius 1 is 1.59 bits per heavy atom. The number of hydrogen-bond acceptors (Lipinski definition) is 3. The zero-order valence-electron chi connectivity index (χ0n) is 10.3. The summed E-state index contributed by atoms with van der Waals surface area (Å²) in [6, 6.07) is 0.0961. The lowest BCUT2D eigenvalue weighted by molar-refractivity contribution is -0.138. The number of hydrogen-bond donors (Lipinski definition) is 3. The van der Waals surface area contributed by atoms with E-state index in [0.717, 1.165) is 19.3 Å². The third kappa shape index (κ3) is 2.44. The number of carbonyl (C=O) groups is 2. The Morgan fingerprint density at radius 3 is 2.76 bits per heavy atom. The average molecular weight is 239 g/mol. The lowest BCUT2D eigenvalue weighted by Crippen LogP contribution is -2.54. The summed E-state index contributed by atoms with van der Waals surface area (Å²) in [5, 5.41) is 5.76. The predicted molar refractivity (Wildman–Crippen MR) is 64.1 cm³/mol. The van der Waals surface area contributed by atoms with Crippen LogP contribution < -0.4 is 16.4 Å². The fourth-order valence-corrected chi connectivity index (χ4v) is 2.95. The molecule has 2 aliphatic rings. The molecular weight excluding hydrogens is 218 g/mol. The van der Waals surface area contributed by atoms with Crippen LogP contribution in [0.3, 0.4) is 0 Å². The molecule has 0 radical (unpaired) electrons. The van der Waals surface area contributed by atoms with E-state index < -0.39 is 0 Å². The summed E-state index contributed by atoms with van der Waals surface area (Å²) in [4.78, 5) is 23.1. The van der Waals surface area contributed by atoms with Crippen LogP contribution in [0.1, 0.15) is 32.6 Å². The van der Waals surface area contributed by atoms with Crippen molar-refractivity contribution in [3.8, 4) is 0 Å². The van der Waals surface area contributed by atoms with Crippen molar-refractivity contribution in [3.63, 3.8) is 0 Å². The summed E-state index contributed by atoms with van der Waals surface area (Å²) in [5.74, 6) is 0.727. The first-order valence-corrected chi connectivity index (χ1v) is 6.33. The molecule has 0 aromatic heterocycles. The Labute approximate surface area is 102 Å². The van der Waals surface area contributed by atoms with Crippen molar-refractivity contribution < 1.29 is 9.59 Å². The third-order valence-corrected chi connectivity index (χ3v) is 3.94. The Balaban J connectivity index is 1.79. The van der Waals surface area contributed by atoms with Crippen LogP contribution in [0, 0.1) is 11.3 Å². The van der Waals surface area contributed by atoms with Crippen molar-refractivity contribution >= 4 is 11.8 Å². The van der Waals surface area contributed by atoms with Crippen molar-refractivity contribution in [2.75, 3.05) is 13.1 Å². The lowest BCUT2D eigenvalue weighted by atomic mass is 9.62. The first kappa shape index (κ1) is 12.4. The molecule has 1 aliphatic heterocycles. The van der Waals surface area contributed by atoms with Gasteiger partial charge < -0.3 is 16.4 Å². The van der Waals surface area contributed by atoms with Gasteiger partial charge in [0.1, 0.15) is 0 Å². The van der Waals surface area contributed by atoms with Crippen LogP contribution in [0.4, 0.5) is 0 Å². The van der Waals surface area contributed by atoms with E-state index in [9.17, 15) is 9.59 Å². The van der Waals surface area contributed by atoms with Gasteiger partial charge in [-0.1, -0.05) is 6.92 Å². The minimum Gasteiger partial charge on any atom is -0.354 e. The molecule has 5 nitrogen and oxygen atoms in total. The molecule has 1 atom stereocenters. The molecule has 17 heavy (non-hydrogen) atoms. The van der Waals surface area contributed by atoms with E-state index in [0.29, 0.717) is 25.4 Å². The molecule has 0 aromatic carbocycles. The highest BCUT2D eigenvalue weighted by atomic mass is 16.2.